The van der Waals surface area contributed by atoms with Crippen LogP contribution in [-0.2, 0) is 11.8 Å². The number of rotatable bonds is 7. The minimum absolute atomic E-state index is 0.0125. The van der Waals surface area contributed by atoms with Crippen LogP contribution in [0.2, 0.25) is 5.02 Å². The number of hydrogen-bond acceptors (Lipinski definition) is 8. The summed E-state index contributed by atoms with van der Waals surface area (Å²) >= 11 is 10.8. The molecule has 2 N–H and O–H groups in total. The number of pyridine rings is 1. The number of carbonyl (C=O) groups is 1. The number of anilines is 1. The van der Waals surface area contributed by atoms with E-state index in [-0.39, 0.29) is 39.7 Å². The Labute approximate surface area is 200 Å². The van der Waals surface area contributed by atoms with Gasteiger partial charge in [-0.25, -0.2) is 23.7 Å². The monoisotopic (exact) mass is 544 g/mol. The second-order valence-electron chi connectivity index (χ2n) is 6.74. The van der Waals surface area contributed by atoms with E-state index >= 15 is 0 Å². The summed E-state index contributed by atoms with van der Waals surface area (Å²) in [5.41, 5.74) is 0.715. The van der Waals surface area contributed by atoms with E-state index in [2.05, 4.69) is 30.4 Å². The van der Waals surface area contributed by atoms with Gasteiger partial charge in [0.15, 0.2) is 17.4 Å². The van der Waals surface area contributed by atoms with Crippen molar-refractivity contribution in [2.24, 2.45) is 0 Å². The smallest absolute Gasteiger partial charge is 0.414 e. The molecule has 2 aromatic heterocycles. The molecule has 3 aromatic rings. The van der Waals surface area contributed by atoms with Crippen molar-refractivity contribution in [3.63, 3.8) is 0 Å². The van der Waals surface area contributed by atoms with Gasteiger partial charge in [0.2, 0.25) is 0 Å². The number of fused-ring (bicyclic) bond motifs is 1. The molecule has 2 heterocycles. The third-order valence-corrected chi connectivity index (χ3v) is 5.81. The average molecular weight is 546 g/mol. The van der Waals surface area contributed by atoms with E-state index in [1.165, 1.54) is 37.3 Å². The Morgan fingerprint density at radius 3 is 2.78 bits per heavy atom. The molecular formula is C20H19BrClFN4O4S. The second-order valence-corrected chi connectivity index (χ2v) is 8.52. The average Bonchev–Trinajstić information content (AvgIpc) is 2.75. The standard InChI is InChI=1S/C20H19BrClFN4O4S/c1-24-32-26-18-17(23)10(4-5-25-18)6-12-13(9-21)11-7-14(22)16(31-20(29)27(2)3)8-15(11)30-19(12)28/h4-5,7-8,24H,6,9H2,1-3H3,(H,25,26). The number of carbonyl (C=O) groups excluding carboxylic acids is 1. The van der Waals surface area contributed by atoms with Gasteiger partial charge in [-0.1, -0.05) is 27.5 Å². The molecule has 170 valence electrons. The number of nitrogens with one attached hydrogen (secondary N) is 2. The summed E-state index contributed by atoms with van der Waals surface area (Å²) in [5, 5.41) is 1.01. The first-order valence-electron chi connectivity index (χ1n) is 9.22. The predicted octanol–water partition coefficient (Wildman–Crippen LogP) is 4.72. The van der Waals surface area contributed by atoms with Crippen LogP contribution in [0.15, 0.2) is 33.6 Å². The molecule has 0 aliphatic carbocycles. The van der Waals surface area contributed by atoms with E-state index in [1.807, 2.05) is 0 Å². The van der Waals surface area contributed by atoms with Gasteiger partial charge in [-0.05, 0) is 30.3 Å². The van der Waals surface area contributed by atoms with Crippen molar-refractivity contribution < 1.29 is 18.3 Å². The maximum atomic E-state index is 14.9. The van der Waals surface area contributed by atoms with E-state index in [9.17, 15) is 14.0 Å². The van der Waals surface area contributed by atoms with Gasteiger partial charge in [0, 0.05) is 61.2 Å². The summed E-state index contributed by atoms with van der Waals surface area (Å²) in [6.07, 6.45) is 0.817. The molecule has 0 bridgehead atoms. The van der Waals surface area contributed by atoms with Crippen molar-refractivity contribution in [2.45, 2.75) is 11.8 Å². The van der Waals surface area contributed by atoms with Crippen LogP contribution in [0.4, 0.5) is 15.0 Å². The molecule has 0 saturated carbocycles. The summed E-state index contributed by atoms with van der Waals surface area (Å²) in [6, 6.07) is 4.45. The third kappa shape index (κ3) is 5.17. The molecule has 0 saturated heterocycles. The molecule has 3 rings (SSSR count). The second kappa shape index (κ2) is 10.5. The number of hydrogen-bond donors (Lipinski definition) is 2. The van der Waals surface area contributed by atoms with Gasteiger partial charge in [0.25, 0.3) is 0 Å². The molecule has 0 radical (unpaired) electrons. The number of amides is 1. The molecule has 0 aliphatic rings. The maximum absolute atomic E-state index is 14.9. The number of benzene rings is 1. The van der Waals surface area contributed by atoms with Crippen LogP contribution in [0.1, 0.15) is 16.7 Å². The quantitative estimate of drug-likeness (QED) is 0.250. The first-order chi connectivity index (χ1) is 15.3. The molecule has 0 unspecified atom stereocenters. The van der Waals surface area contributed by atoms with Gasteiger partial charge < -0.3 is 14.1 Å². The zero-order valence-electron chi connectivity index (χ0n) is 17.3. The summed E-state index contributed by atoms with van der Waals surface area (Å²) in [6.45, 7) is 0. The number of halogens is 3. The number of nitrogens with zero attached hydrogens (tertiary/aromatic N) is 2. The van der Waals surface area contributed by atoms with Gasteiger partial charge in [0.1, 0.15) is 5.58 Å². The largest absolute Gasteiger partial charge is 0.422 e. The Morgan fingerprint density at radius 2 is 2.12 bits per heavy atom. The Kier molecular flexibility index (Phi) is 7.99. The Balaban J connectivity index is 2.07. The first-order valence-corrected chi connectivity index (χ1v) is 11.5. The molecule has 0 aliphatic heterocycles. The fourth-order valence-electron chi connectivity index (χ4n) is 2.88. The fourth-order valence-corrected chi connectivity index (χ4v) is 4.06. The Morgan fingerprint density at radius 1 is 1.38 bits per heavy atom. The summed E-state index contributed by atoms with van der Waals surface area (Å²) in [4.78, 5) is 29.9. The molecule has 0 fully saturated rings. The van der Waals surface area contributed by atoms with E-state index < -0.39 is 17.5 Å². The minimum Gasteiger partial charge on any atom is -0.422 e. The van der Waals surface area contributed by atoms with Crippen molar-refractivity contribution in [1.29, 1.82) is 0 Å². The molecule has 8 nitrogen and oxygen atoms in total. The first kappa shape index (κ1) is 24.3. The number of alkyl halides is 1. The highest BCUT2D eigenvalue weighted by Crippen LogP contribution is 2.34. The van der Waals surface area contributed by atoms with E-state index in [0.717, 1.165) is 12.1 Å². The number of aromatic nitrogens is 1. The van der Waals surface area contributed by atoms with Crippen molar-refractivity contribution in [3.8, 4) is 5.75 Å². The topological polar surface area (TPSA) is 96.7 Å². The van der Waals surface area contributed by atoms with Crippen LogP contribution < -0.4 is 19.8 Å². The summed E-state index contributed by atoms with van der Waals surface area (Å²) in [7, 11) is 4.74. The van der Waals surface area contributed by atoms with Crippen LogP contribution in [-0.4, -0.2) is 37.1 Å². The van der Waals surface area contributed by atoms with E-state index in [4.69, 9.17) is 20.8 Å². The molecule has 32 heavy (non-hydrogen) atoms. The van der Waals surface area contributed by atoms with Crippen molar-refractivity contribution >= 4 is 62.5 Å². The maximum Gasteiger partial charge on any atom is 0.414 e. The van der Waals surface area contributed by atoms with Gasteiger partial charge in [-0.3, -0.25) is 4.72 Å². The highest BCUT2D eigenvalue weighted by molar-refractivity contribution is 9.08. The fraction of sp³-hybridized carbons (Fsp3) is 0.250. The van der Waals surface area contributed by atoms with Crippen molar-refractivity contribution in [2.75, 3.05) is 25.9 Å². The predicted molar refractivity (Wildman–Crippen MR) is 127 cm³/mol. The van der Waals surface area contributed by atoms with Gasteiger partial charge in [-0.15, -0.1) is 0 Å². The normalized spacial score (nSPS) is 10.9. The molecule has 0 atom stereocenters. The lowest BCUT2D eigenvalue weighted by molar-refractivity contribution is 0.172. The van der Waals surface area contributed by atoms with Crippen LogP contribution in [0.3, 0.4) is 0 Å². The minimum atomic E-state index is -0.630. The summed E-state index contributed by atoms with van der Waals surface area (Å²) < 4.78 is 31.1. The SMILES string of the molecule is CNSNc1nccc(Cc2c(CBr)c3cc(Cl)c(OC(=O)N(C)C)cc3oc2=O)c1F. The molecular weight excluding hydrogens is 527 g/mol. The third-order valence-electron chi connectivity index (χ3n) is 4.45. The lowest BCUT2D eigenvalue weighted by Crippen LogP contribution is -2.25. The number of ether oxygens (including phenoxy) is 1. The van der Waals surface area contributed by atoms with E-state index in [0.29, 0.717) is 16.3 Å². The Hall–Kier alpha value is -2.34. The Bertz CT molecular complexity index is 1220. The van der Waals surface area contributed by atoms with Gasteiger partial charge in [0.05, 0.1) is 5.02 Å². The van der Waals surface area contributed by atoms with Crippen LogP contribution in [0.5, 0.6) is 5.75 Å². The molecule has 12 heteroatoms. The van der Waals surface area contributed by atoms with Crippen molar-refractivity contribution in [3.05, 3.63) is 62.3 Å². The lowest BCUT2D eigenvalue weighted by atomic mass is 9.99. The highest BCUT2D eigenvalue weighted by Gasteiger charge is 2.20. The molecule has 1 aromatic carbocycles. The van der Waals surface area contributed by atoms with Crippen LogP contribution in [0, 0.1) is 5.82 Å². The van der Waals surface area contributed by atoms with Crippen LogP contribution >= 0.6 is 39.7 Å². The van der Waals surface area contributed by atoms with Crippen LogP contribution in [0.25, 0.3) is 11.0 Å². The van der Waals surface area contributed by atoms with Crippen molar-refractivity contribution in [1.82, 2.24) is 14.6 Å². The highest BCUT2D eigenvalue weighted by atomic mass is 79.9. The molecule has 1 amide bonds. The van der Waals surface area contributed by atoms with Gasteiger partial charge in [-0.2, -0.15) is 0 Å². The lowest BCUT2D eigenvalue weighted by Gasteiger charge is -2.14. The van der Waals surface area contributed by atoms with E-state index in [1.54, 1.807) is 13.1 Å². The summed E-state index contributed by atoms with van der Waals surface area (Å²) in [5.74, 6) is -0.464. The molecule has 0 spiro atoms. The zero-order chi connectivity index (χ0) is 23.4. The van der Waals surface area contributed by atoms with Gasteiger partial charge >= 0.3 is 11.7 Å². The zero-order valence-corrected chi connectivity index (χ0v) is 20.5.